The average molecular weight is 531 g/mol. The molecule has 0 bridgehead atoms. The van der Waals surface area contributed by atoms with Crippen molar-refractivity contribution in [3.63, 3.8) is 0 Å². The van der Waals surface area contributed by atoms with E-state index < -0.39 is 0 Å². The number of rotatable bonds is 6. The molecule has 0 fully saturated rings. The zero-order chi connectivity index (χ0) is 22.7. The molecule has 0 aliphatic heterocycles. The van der Waals surface area contributed by atoms with Gasteiger partial charge in [0, 0.05) is 21.5 Å². The minimum absolute atomic E-state index is 0.227. The number of fused-ring (bicyclic) bond motifs is 1. The monoisotopic (exact) mass is 529 g/mol. The van der Waals surface area contributed by atoms with Gasteiger partial charge in [0.1, 0.15) is 18.2 Å². The first-order valence-corrected chi connectivity index (χ1v) is 11.4. The molecule has 4 rings (SSSR count). The molecule has 0 radical (unpaired) electrons. The molecule has 0 atom stereocenters. The highest BCUT2D eigenvalue weighted by Crippen LogP contribution is 2.27. The lowest BCUT2D eigenvalue weighted by molar-refractivity contribution is 0.306. The summed E-state index contributed by atoms with van der Waals surface area (Å²) >= 11 is 16.0. The molecule has 0 N–H and O–H groups in total. The van der Waals surface area contributed by atoms with Crippen LogP contribution in [0.1, 0.15) is 23.9 Å². The Bertz CT molecular complexity index is 1390. The van der Waals surface area contributed by atoms with Crippen LogP contribution in [0.25, 0.3) is 10.9 Å². The van der Waals surface area contributed by atoms with E-state index >= 15 is 0 Å². The standard InChI is InChI=1S/C24H18BrCl2N3O2/c1-2-23-29-21-9-8-17(25)12-18(21)24(31)30(23)28-13-15-7-10-22(20(27)11-15)32-14-16-5-3-4-6-19(16)26/h3-13H,2,14H2,1H3. The summed E-state index contributed by atoms with van der Waals surface area (Å²) in [7, 11) is 0. The smallest absolute Gasteiger partial charge is 0.282 e. The Hall–Kier alpha value is -2.67. The molecule has 0 spiro atoms. The van der Waals surface area contributed by atoms with Gasteiger partial charge in [-0.1, -0.05) is 64.3 Å². The van der Waals surface area contributed by atoms with Crippen LogP contribution < -0.4 is 10.3 Å². The second-order valence-electron chi connectivity index (χ2n) is 6.97. The van der Waals surface area contributed by atoms with Gasteiger partial charge in [-0.05, 0) is 48.0 Å². The highest BCUT2D eigenvalue weighted by molar-refractivity contribution is 9.10. The van der Waals surface area contributed by atoms with Crippen LogP contribution in [0.2, 0.25) is 10.0 Å². The molecule has 0 aliphatic carbocycles. The first kappa shape index (κ1) is 22.5. The van der Waals surface area contributed by atoms with Gasteiger partial charge >= 0.3 is 0 Å². The third kappa shape index (κ3) is 4.88. The van der Waals surface area contributed by atoms with Crippen molar-refractivity contribution in [3.8, 4) is 5.75 Å². The summed E-state index contributed by atoms with van der Waals surface area (Å²) in [6.45, 7) is 2.24. The summed E-state index contributed by atoms with van der Waals surface area (Å²) in [5, 5.41) is 5.96. The number of ether oxygens (including phenoxy) is 1. The predicted molar refractivity (Wildman–Crippen MR) is 133 cm³/mol. The minimum Gasteiger partial charge on any atom is -0.487 e. The van der Waals surface area contributed by atoms with Gasteiger partial charge in [0.25, 0.3) is 5.56 Å². The van der Waals surface area contributed by atoms with Gasteiger partial charge in [-0.15, -0.1) is 0 Å². The van der Waals surface area contributed by atoms with Gasteiger partial charge in [0.15, 0.2) is 0 Å². The van der Waals surface area contributed by atoms with Gasteiger partial charge in [-0.3, -0.25) is 4.79 Å². The Morgan fingerprint density at radius 2 is 1.91 bits per heavy atom. The molecule has 0 aliphatic rings. The Morgan fingerprint density at radius 3 is 2.66 bits per heavy atom. The van der Waals surface area contributed by atoms with Crippen LogP contribution in [0, 0.1) is 0 Å². The maximum atomic E-state index is 13.0. The Balaban J connectivity index is 1.59. The molecule has 1 heterocycles. The highest BCUT2D eigenvalue weighted by Gasteiger charge is 2.10. The predicted octanol–water partition coefficient (Wildman–Crippen LogP) is 6.49. The summed E-state index contributed by atoms with van der Waals surface area (Å²) in [5.41, 5.74) is 2.01. The van der Waals surface area contributed by atoms with E-state index in [0.717, 1.165) is 15.6 Å². The van der Waals surface area contributed by atoms with Crippen LogP contribution in [0.15, 0.2) is 75.0 Å². The van der Waals surface area contributed by atoms with Crippen molar-refractivity contribution < 1.29 is 4.74 Å². The number of aromatic nitrogens is 2. The zero-order valence-electron chi connectivity index (χ0n) is 17.1. The van der Waals surface area contributed by atoms with Crippen LogP contribution in [0.4, 0.5) is 0 Å². The third-order valence-corrected chi connectivity index (χ3v) is 5.97. The van der Waals surface area contributed by atoms with E-state index in [4.69, 9.17) is 27.9 Å². The first-order chi connectivity index (χ1) is 15.5. The van der Waals surface area contributed by atoms with E-state index in [0.29, 0.717) is 45.5 Å². The largest absolute Gasteiger partial charge is 0.487 e. The van der Waals surface area contributed by atoms with Crippen LogP contribution in [0.3, 0.4) is 0 Å². The number of hydrogen-bond donors (Lipinski definition) is 0. The maximum absolute atomic E-state index is 13.0. The fourth-order valence-corrected chi connectivity index (χ4v) is 3.95. The van der Waals surface area contributed by atoms with E-state index in [1.807, 2.05) is 49.4 Å². The van der Waals surface area contributed by atoms with Crippen molar-refractivity contribution in [2.24, 2.45) is 5.10 Å². The molecule has 0 saturated heterocycles. The minimum atomic E-state index is -0.227. The van der Waals surface area contributed by atoms with Crippen LogP contribution in [-0.4, -0.2) is 15.9 Å². The highest BCUT2D eigenvalue weighted by atomic mass is 79.9. The summed E-state index contributed by atoms with van der Waals surface area (Å²) in [4.78, 5) is 17.6. The van der Waals surface area contributed by atoms with Gasteiger partial charge in [-0.2, -0.15) is 9.78 Å². The van der Waals surface area contributed by atoms with E-state index in [1.165, 1.54) is 4.68 Å². The van der Waals surface area contributed by atoms with E-state index in [1.54, 1.807) is 24.4 Å². The molecular weight excluding hydrogens is 513 g/mol. The van der Waals surface area contributed by atoms with E-state index in [2.05, 4.69) is 26.0 Å². The lowest BCUT2D eigenvalue weighted by Gasteiger charge is -2.10. The van der Waals surface area contributed by atoms with Gasteiger partial charge < -0.3 is 4.74 Å². The van der Waals surface area contributed by atoms with Crippen LogP contribution >= 0.6 is 39.1 Å². The van der Waals surface area contributed by atoms with E-state index in [9.17, 15) is 4.79 Å². The summed E-state index contributed by atoms with van der Waals surface area (Å²) in [6.07, 6.45) is 2.14. The zero-order valence-corrected chi connectivity index (χ0v) is 20.2. The molecule has 0 unspecified atom stereocenters. The second-order valence-corrected chi connectivity index (χ2v) is 8.70. The molecule has 0 saturated carbocycles. The van der Waals surface area contributed by atoms with Crippen LogP contribution in [0.5, 0.6) is 5.75 Å². The third-order valence-electron chi connectivity index (χ3n) is 4.81. The number of benzene rings is 3. The number of aryl methyl sites for hydroxylation is 1. The maximum Gasteiger partial charge on any atom is 0.282 e. The molecule has 0 amide bonds. The topological polar surface area (TPSA) is 56.5 Å². The molecular formula is C24H18BrCl2N3O2. The number of halogens is 3. The first-order valence-electron chi connectivity index (χ1n) is 9.87. The van der Waals surface area contributed by atoms with E-state index in [-0.39, 0.29) is 5.56 Å². The van der Waals surface area contributed by atoms with Crippen molar-refractivity contribution in [3.05, 3.63) is 102 Å². The fourth-order valence-electron chi connectivity index (χ4n) is 3.15. The van der Waals surface area contributed by atoms with Gasteiger partial charge in [0.2, 0.25) is 0 Å². The average Bonchev–Trinajstić information content (AvgIpc) is 2.79. The SMILES string of the molecule is CCc1nc2ccc(Br)cc2c(=O)n1N=Cc1ccc(OCc2ccccc2Cl)c(Cl)c1. The molecule has 4 aromatic rings. The summed E-state index contributed by atoms with van der Waals surface area (Å²) < 4.78 is 7.94. The molecule has 3 aromatic carbocycles. The van der Waals surface area contributed by atoms with Crippen molar-refractivity contribution in [1.29, 1.82) is 0 Å². The summed E-state index contributed by atoms with van der Waals surface area (Å²) in [5.74, 6) is 1.11. The molecule has 162 valence electrons. The summed E-state index contributed by atoms with van der Waals surface area (Å²) in [6, 6.07) is 18.2. The van der Waals surface area contributed by atoms with Gasteiger partial charge in [0.05, 0.1) is 22.1 Å². The van der Waals surface area contributed by atoms with Crippen molar-refractivity contribution in [1.82, 2.24) is 9.66 Å². The van der Waals surface area contributed by atoms with Crippen molar-refractivity contribution >= 4 is 56.2 Å². The lowest BCUT2D eigenvalue weighted by atomic mass is 10.2. The Morgan fingerprint density at radius 1 is 1.09 bits per heavy atom. The van der Waals surface area contributed by atoms with Crippen molar-refractivity contribution in [2.75, 3.05) is 0 Å². The second kappa shape index (κ2) is 9.86. The van der Waals surface area contributed by atoms with Crippen LogP contribution in [-0.2, 0) is 13.0 Å². The fraction of sp³-hybridized carbons (Fsp3) is 0.125. The molecule has 8 heteroatoms. The Labute approximate surface area is 203 Å². The molecule has 1 aromatic heterocycles. The Kier molecular flexibility index (Phi) is 6.94. The molecule has 5 nitrogen and oxygen atoms in total. The van der Waals surface area contributed by atoms with Gasteiger partial charge in [-0.25, -0.2) is 4.98 Å². The normalized spacial score (nSPS) is 11.4. The molecule has 32 heavy (non-hydrogen) atoms. The quantitative estimate of drug-likeness (QED) is 0.268. The number of nitrogens with zero attached hydrogens (tertiary/aromatic N) is 3. The van der Waals surface area contributed by atoms with Crippen molar-refractivity contribution in [2.45, 2.75) is 20.0 Å². The number of hydrogen-bond acceptors (Lipinski definition) is 4. The lowest BCUT2D eigenvalue weighted by Crippen LogP contribution is -2.22.